The number of hydrogen-bond donors (Lipinski definition) is 2. The van der Waals surface area contributed by atoms with E-state index in [1.807, 2.05) is 18.2 Å². The van der Waals surface area contributed by atoms with Crippen molar-refractivity contribution in [2.24, 2.45) is 0 Å². The zero-order chi connectivity index (χ0) is 19.1. The van der Waals surface area contributed by atoms with Crippen LogP contribution in [0.1, 0.15) is 28.9 Å². The summed E-state index contributed by atoms with van der Waals surface area (Å²) in [6.07, 6.45) is 2.90. The van der Waals surface area contributed by atoms with E-state index in [-0.39, 0.29) is 11.6 Å². The molecule has 3 rings (SSSR count). The second-order valence-electron chi connectivity index (χ2n) is 7.04. The fourth-order valence-corrected chi connectivity index (χ4v) is 3.27. The Balaban J connectivity index is 1.49. The lowest BCUT2D eigenvalue weighted by Crippen LogP contribution is -2.46. The highest BCUT2D eigenvalue weighted by molar-refractivity contribution is 5.91. The zero-order valence-electron chi connectivity index (χ0n) is 15.7. The van der Waals surface area contributed by atoms with Gasteiger partial charge in [-0.3, -0.25) is 9.69 Å². The number of nitrogens with zero attached hydrogens (tertiary/aromatic N) is 4. The van der Waals surface area contributed by atoms with Gasteiger partial charge in [0.2, 0.25) is 0 Å². The molecule has 2 heterocycles. The summed E-state index contributed by atoms with van der Waals surface area (Å²) in [5.74, 6) is -0.289. The Morgan fingerprint density at radius 3 is 2.74 bits per heavy atom. The molecule has 1 aromatic heterocycles. The second-order valence-corrected chi connectivity index (χ2v) is 7.04. The van der Waals surface area contributed by atoms with Crippen LogP contribution < -0.4 is 5.32 Å². The number of methoxy groups -OCH3 is 1. The molecule has 27 heavy (non-hydrogen) atoms. The first-order chi connectivity index (χ1) is 13.1. The average molecular weight is 373 g/mol. The standard InChI is InChI=1S/C19H27N5O3/c1-27-12-9-20-18(25)17-14-24(22-21-17)15-19(26)7-10-23(11-8-19)13-16-5-3-2-4-6-16/h2-6,14,26H,7-13,15H2,1H3,(H,20,25). The molecular formula is C19H27N5O3. The minimum absolute atomic E-state index is 0.246. The van der Waals surface area contributed by atoms with Crippen molar-refractivity contribution in [3.05, 3.63) is 47.8 Å². The molecule has 146 valence electrons. The van der Waals surface area contributed by atoms with E-state index in [2.05, 4.69) is 32.7 Å². The Hall–Kier alpha value is -2.29. The van der Waals surface area contributed by atoms with Crippen LogP contribution in [0.3, 0.4) is 0 Å². The third-order valence-corrected chi connectivity index (χ3v) is 4.86. The molecule has 0 radical (unpaired) electrons. The number of aliphatic hydroxyl groups is 1. The van der Waals surface area contributed by atoms with Crippen molar-refractivity contribution < 1.29 is 14.6 Å². The quantitative estimate of drug-likeness (QED) is 0.661. The smallest absolute Gasteiger partial charge is 0.273 e. The number of piperidine rings is 1. The lowest BCUT2D eigenvalue weighted by atomic mass is 9.91. The summed E-state index contributed by atoms with van der Waals surface area (Å²) in [6, 6.07) is 10.3. The highest BCUT2D eigenvalue weighted by Crippen LogP contribution is 2.25. The predicted molar refractivity (Wildman–Crippen MR) is 100 cm³/mol. The van der Waals surface area contributed by atoms with E-state index in [1.165, 1.54) is 5.56 Å². The first kappa shape index (κ1) is 19.5. The van der Waals surface area contributed by atoms with Gasteiger partial charge in [0.15, 0.2) is 5.69 Å². The summed E-state index contributed by atoms with van der Waals surface area (Å²) >= 11 is 0. The van der Waals surface area contributed by atoms with Gasteiger partial charge < -0.3 is 15.2 Å². The molecule has 2 aromatic rings. The maximum Gasteiger partial charge on any atom is 0.273 e. The maximum absolute atomic E-state index is 12.0. The first-order valence-corrected chi connectivity index (χ1v) is 9.24. The van der Waals surface area contributed by atoms with Gasteiger partial charge in [0.05, 0.1) is 24.9 Å². The molecule has 8 nitrogen and oxygen atoms in total. The Kier molecular flexibility index (Phi) is 6.54. The van der Waals surface area contributed by atoms with Crippen LogP contribution in [0.25, 0.3) is 0 Å². The van der Waals surface area contributed by atoms with Crippen molar-refractivity contribution in [3.8, 4) is 0 Å². The fourth-order valence-electron chi connectivity index (χ4n) is 3.27. The van der Waals surface area contributed by atoms with Crippen LogP contribution in [-0.4, -0.2) is 69.9 Å². The monoisotopic (exact) mass is 373 g/mol. The van der Waals surface area contributed by atoms with Crippen LogP contribution in [-0.2, 0) is 17.8 Å². The summed E-state index contributed by atoms with van der Waals surface area (Å²) in [4.78, 5) is 14.3. The van der Waals surface area contributed by atoms with E-state index in [0.717, 1.165) is 19.6 Å². The van der Waals surface area contributed by atoms with E-state index in [9.17, 15) is 9.90 Å². The summed E-state index contributed by atoms with van der Waals surface area (Å²) in [6.45, 7) is 3.74. The van der Waals surface area contributed by atoms with Gasteiger partial charge in [0.1, 0.15) is 0 Å². The van der Waals surface area contributed by atoms with Crippen molar-refractivity contribution in [2.45, 2.75) is 31.5 Å². The van der Waals surface area contributed by atoms with E-state index < -0.39 is 5.60 Å². The van der Waals surface area contributed by atoms with Gasteiger partial charge in [0, 0.05) is 33.3 Å². The van der Waals surface area contributed by atoms with E-state index in [1.54, 1.807) is 18.0 Å². The molecule has 1 fully saturated rings. The molecule has 0 saturated carbocycles. The minimum atomic E-state index is -0.829. The molecule has 0 atom stereocenters. The lowest BCUT2D eigenvalue weighted by Gasteiger charge is -2.38. The maximum atomic E-state index is 12.0. The molecule has 1 saturated heterocycles. The normalized spacial score (nSPS) is 17.0. The van der Waals surface area contributed by atoms with Gasteiger partial charge in [-0.1, -0.05) is 35.5 Å². The SMILES string of the molecule is COCCNC(=O)c1cn(CC2(O)CCN(Cc3ccccc3)CC2)nn1. The largest absolute Gasteiger partial charge is 0.388 e. The number of amides is 1. The molecule has 8 heteroatoms. The topological polar surface area (TPSA) is 92.5 Å². The summed E-state index contributed by atoms with van der Waals surface area (Å²) in [7, 11) is 1.58. The lowest BCUT2D eigenvalue weighted by molar-refractivity contribution is -0.0383. The van der Waals surface area contributed by atoms with Gasteiger partial charge in [-0.25, -0.2) is 4.68 Å². The van der Waals surface area contributed by atoms with Crippen molar-refractivity contribution in [1.29, 1.82) is 0 Å². The average Bonchev–Trinajstić information content (AvgIpc) is 3.13. The highest BCUT2D eigenvalue weighted by Gasteiger charge is 2.33. The van der Waals surface area contributed by atoms with Crippen LogP contribution in [0, 0.1) is 0 Å². The van der Waals surface area contributed by atoms with Crippen LogP contribution in [0.2, 0.25) is 0 Å². The number of likely N-dealkylation sites (tertiary alicyclic amines) is 1. The third kappa shape index (κ3) is 5.59. The van der Waals surface area contributed by atoms with Gasteiger partial charge in [-0.05, 0) is 18.4 Å². The van der Waals surface area contributed by atoms with Crippen LogP contribution in [0.4, 0.5) is 0 Å². The van der Waals surface area contributed by atoms with Crippen LogP contribution >= 0.6 is 0 Å². The third-order valence-electron chi connectivity index (χ3n) is 4.86. The molecule has 1 aliphatic rings. The van der Waals surface area contributed by atoms with Gasteiger partial charge in [-0.15, -0.1) is 5.10 Å². The van der Waals surface area contributed by atoms with Crippen molar-refractivity contribution >= 4 is 5.91 Å². The second kappa shape index (κ2) is 9.07. The molecular weight excluding hydrogens is 346 g/mol. The number of carbonyl (C=O) groups excluding carboxylic acids is 1. The van der Waals surface area contributed by atoms with Crippen LogP contribution in [0.5, 0.6) is 0 Å². The predicted octanol–water partition coefficient (Wildman–Crippen LogP) is 0.681. The van der Waals surface area contributed by atoms with Crippen molar-refractivity contribution in [1.82, 2.24) is 25.2 Å². The number of hydrogen-bond acceptors (Lipinski definition) is 6. The molecule has 1 aromatic carbocycles. The molecule has 1 aliphatic heterocycles. The minimum Gasteiger partial charge on any atom is -0.388 e. The molecule has 1 amide bonds. The van der Waals surface area contributed by atoms with Gasteiger partial charge in [-0.2, -0.15) is 0 Å². The number of nitrogens with one attached hydrogen (secondary N) is 1. The van der Waals surface area contributed by atoms with Gasteiger partial charge >= 0.3 is 0 Å². The Bertz CT molecular complexity index is 726. The van der Waals surface area contributed by atoms with E-state index in [4.69, 9.17) is 4.74 Å². The van der Waals surface area contributed by atoms with E-state index >= 15 is 0 Å². The van der Waals surface area contributed by atoms with Crippen molar-refractivity contribution in [2.75, 3.05) is 33.4 Å². The zero-order valence-corrected chi connectivity index (χ0v) is 15.7. The number of rotatable bonds is 8. The molecule has 0 spiro atoms. The number of aromatic nitrogens is 3. The van der Waals surface area contributed by atoms with Gasteiger partial charge in [0.25, 0.3) is 5.91 Å². The fraction of sp³-hybridized carbons (Fsp3) is 0.526. The number of carbonyl (C=O) groups is 1. The molecule has 0 unspecified atom stereocenters. The Morgan fingerprint density at radius 2 is 2.04 bits per heavy atom. The summed E-state index contributed by atoms with van der Waals surface area (Å²) in [5, 5.41) is 21.5. The van der Waals surface area contributed by atoms with Crippen molar-refractivity contribution in [3.63, 3.8) is 0 Å². The molecule has 0 aliphatic carbocycles. The first-order valence-electron chi connectivity index (χ1n) is 9.24. The Labute approximate surface area is 159 Å². The summed E-state index contributed by atoms with van der Waals surface area (Å²) < 4.78 is 6.45. The summed E-state index contributed by atoms with van der Waals surface area (Å²) in [5.41, 5.74) is 0.699. The van der Waals surface area contributed by atoms with E-state index in [0.29, 0.717) is 32.5 Å². The highest BCUT2D eigenvalue weighted by atomic mass is 16.5. The number of benzene rings is 1. The molecule has 2 N–H and O–H groups in total. The number of ether oxygens (including phenoxy) is 1. The molecule has 0 bridgehead atoms. The van der Waals surface area contributed by atoms with Crippen LogP contribution in [0.15, 0.2) is 36.5 Å². The Morgan fingerprint density at radius 1 is 1.30 bits per heavy atom.